The van der Waals surface area contributed by atoms with Gasteiger partial charge in [0.25, 0.3) is 0 Å². The standard InChI is InChI=1S/C19H17ClN2O/c20-18-8-4-3-7-16(18)12-21-13-19(23)22-17-10-9-14-5-1-2-6-15(14)11-17/h1-11,21H,12-13H2,(H,22,23). The van der Waals surface area contributed by atoms with Crippen LogP contribution in [-0.4, -0.2) is 12.5 Å². The molecule has 0 aliphatic carbocycles. The van der Waals surface area contributed by atoms with Crippen LogP contribution >= 0.6 is 11.6 Å². The van der Waals surface area contributed by atoms with Gasteiger partial charge in [0.05, 0.1) is 6.54 Å². The highest BCUT2D eigenvalue weighted by Gasteiger charge is 2.04. The molecule has 0 saturated carbocycles. The first-order chi connectivity index (χ1) is 11.2. The van der Waals surface area contributed by atoms with Crippen LogP contribution in [0.1, 0.15) is 5.56 Å². The van der Waals surface area contributed by atoms with Gasteiger partial charge in [-0.2, -0.15) is 0 Å². The molecule has 0 aliphatic rings. The minimum atomic E-state index is -0.0765. The molecule has 0 bridgehead atoms. The second kappa shape index (κ2) is 7.27. The molecule has 0 heterocycles. The highest BCUT2D eigenvalue weighted by molar-refractivity contribution is 6.31. The maximum atomic E-state index is 12.0. The van der Waals surface area contributed by atoms with Crippen LogP contribution in [0.2, 0.25) is 5.02 Å². The van der Waals surface area contributed by atoms with Gasteiger partial charge < -0.3 is 10.6 Å². The van der Waals surface area contributed by atoms with E-state index in [0.717, 1.165) is 22.0 Å². The normalized spacial score (nSPS) is 10.7. The second-order valence-corrected chi connectivity index (χ2v) is 5.71. The fourth-order valence-corrected chi connectivity index (χ4v) is 2.63. The number of carbonyl (C=O) groups is 1. The van der Waals surface area contributed by atoms with Crippen LogP contribution in [-0.2, 0) is 11.3 Å². The molecule has 1 amide bonds. The third-order valence-electron chi connectivity index (χ3n) is 3.59. The van der Waals surface area contributed by atoms with Gasteiger partial charge in [0.15, 0.2) is 0 Å². The number of nitrogens with one attached hydrogen (secondary N) is 2. The first kappa shape index (κ1) is 15.5. The summed E-state index contributed by atoms with van der Waals surface area (Å²) in [5.41, 5.74) is 1.78. The van der Waals surface area contributed by atoms with Crippen LogP contribution in [0.5, 0.6) is 0 Å². The second-order valence-electron chi connectivity index (χ2n) is 5.31. The van der Waals surface area contributed by atoms with E-state index in [2.05, 4.69) is 10.6 Å². The zero-order valence-electron chi connectivity index (χ0n) is 12.6. The Hall–Kier alpha value is -2.36. The zero-order valence-corrected chi connectivity index (χ0v) is 13.3. The highest BCUT2D eigenvalue weighted by atomic mass is 35.5. The van der Waals surface area contributed by atoms with E-state index in [4.69, 9.17) is 11.6 Å². The number of hydrogen-bond acceptors (Lipinski definition) is 2. The summed E-state index contributed by atoms with van der Waals surface area (Å²) in [7, 11) is 0. The summed E-state index contributed by atoms with van der Waals surface area (Å²) in [5.74, 6) is -0.0765. The van der Waals surface area contributed by atoms with Gasteiger partial charge in [0.2, 0.25) is 5.91 Å². The molecule has 4 heteroatoms. The van der Waals surface area contributed by atoms with Crippen molar-refractivity contribution in [1.82, 2.24) is 5.32 Å². The molecule has 0 unspecified atom stereocenters. The van der Waals surface area contributed by atoms with Crippen LogP contribution in [0.15, 0.2) is 66.7 Å². The van der Waals surface area contributed by atoms with E-state index < -0.39 is 0 Å². The van der Waals surface area contributed by atoms with Crippen molar-refractivity contribution in [2.45, 2.75) is 6.54 Å². The highest BCUT2D eigenvalue weighted by Crippen LogP contribution is 2.18. The summed E-state index contributed by atoms with van der Waals surface area (Å²) < 4.78 is 0. The van der Waals surface area contributed by atoms with Crippen molar-refractivity contribution in [3.63, 3.8) is 0 Å². The Morgan fingerprint density at radius 1 is 0.913 bits per heavy atom. The molecule has 3 aromatic carbocycles. The van der Waals surface area contributed by atoms with Gasteiger partial charge in [0.1, 0.15) is 0 Å². The minimum Gasteiger partial charge on any atom is -0.325 e. The fraction of sp³-hybridized carbons (Fsp3) is 0.105. The number of anilines is 1. The van der Waals surface area contributed by atoms with Crippen LogP contribution in [0.4, 0.5) is 5.69 Å². The summed E-state index contributed by atoms with van der Waals surface area (Å²) in [6.45, 7) is 0.795. The van der Waals surface area contributed by atoms with Gasteiger partial charge in [-0.05, 0) is 34.5 Å². The molecule has 23 heavy (non-hydrogen) atoms. The lowest BCUT2D eigenvalue weighted by Crippen LogP contribution is -2.27. The molecule has 0 aromatic heterocycles. The van der Waals surface area contributed by atoms with E-state index in [-0.39, 0.29) is 12.5 Å². The SMILES string of the molecule is O=C(CNCc1ccccc1Cl)Nc1ccc2ccccc2c1. The summed E-state index contributed by atoms with van der Waals surface area (Å²) in [6, 6.07) is 21.5. The van der Waals surface area contributed by atoms with Crippen molar-refractivity contribution in [2.75, 3.05) is 11.9 Å². The van der Waals surface area contributed by atoms with E-state index in [1.165, 1.54) is 0 Å². The lowest BCUT2D eigenvalue weighted by atomic mass is 10.1. The van der Waals surface area contributed by atoms with E-state index in [9.17, 15) is 4.79 Å². The van der Waals surface area contributed by atoms with Gasteiger partial charge in [-0.15, -0.1) is 0 Å². The topological polar surface area (TPSA) is 41.1 Å². The summed E-state index contributed by atoms with van der Waals surface area (Å²) in [5, 5.41) is 8.97. The van der Waals surface area contributed by atoms with Crippen molar-refractivity contribution in [3.8, 4) is 0 Å². The van der Waals surface area contributed by atoms with Crippen LogP contribution in [0, 0.1) is 0 Å². The van der Waals surface area contributed by atoms with Crippen LogP contribution in [0.3, 0.4) is 0 Å². The number of fused-ring (bicyclic) bond motifs is 1. The fourth-order valence-electron chi connectivity index (χ4n) is 2.42. The molecule has 2 N–H and O–H groups in total. The number of halogens is 1. The molecule has 3 aromatic rings. The molecule has 0 spiro atoms. The van der Waals surface area contributed by atoms with Crippen molar-refractivity contribution in [3.05, 3.63) is 77.3 Å². The molecule has 116 valence electrons. The number of benzene rings is 3. The predicted molar refractivity (Wildman–Crippen MR) is 95.7 cm³/mol. The third-order valence-corrected chi connectivity index (χ3v) is 3.96. The minimum absolute atomic E-state index is 0.0765. The predicted octanol–water partition coefficient (Wildman–Crippen LogP) is 4.22. The average Bonchev–Trinajstić information content (AvgIpc) is 2.56. The number of carbonyl (C=O) groups excluding carboxylic acids is 1. The number of rotatable bonds is 5. The van der Waals surface area contributed by atoms with Gasteiger partial charge in [-0.1, -0.05) is 60.1 Å². The Morgan fingerprint density at radius 2 is 1.65 bits per heavy atom. The van der Waals surface area contributed by atoms with E-state index in [0.29, 0.717) is 11.6 Å². The number of hydrogen-bond donors (Lipinski definition) is 2. The molecule has 0 aliphatic heterocycles. The van der Waals surface area contributed by atoms with Gasteiger partial charge in [-0.25, -0.2) is 0 Å². The third kappa shape index (κ3) is 4.09. The zero-order chi connectivity index (χ0) is 16.1. The Morgan fingerprint density at radius 3 is 2.48 bits per heavy atom. The lowest BCUT2D eigenvalue weighted by molar-refractivity contribution is -0.115. The molecular formula is C19H17ClN2O. The Labute approximate surface area is 140 Å². The lowest BCUT2D eigenvalue weighted by Gasteiger charge is -2.08. The quantitative estimate of drug-likeness (QED) is 0.737. The van der Waals surface area contributed by atoms with Crippen LogP contribution in [0.25, 0.3) is 10.8 Å². The van der Waals surface area contributed by atoms with E-state index >= 15 is 0 Å². The van der Waals surface area contributed by atoms with E-state index in [1.807, 2.05) is 66.7 Å². The Balaban J connectivity index is 1.55. The molecule has 0 atom stereocenters. The molecule has 0 fully saturated rings. The summed E-state index contributed by atoms with van der Waals surface area (Å²) in [4.78, 5) is 12.0. The Kier molecular flexibility index (Phi) is 4.91. The molecule has 3 nitrogen and oxygen atoms in total. The van der Waals surface area contributed by atoms with Crippen LogP contribution < -0.4 is 10.6 Å². The largest absolute Gasteiger partial charge is 0.325 e. The van der Waals surface area contributed by atoms with Gasteiger partial charge in [-0.3, -0.25) is 4.79 Å². The van der Waals surface area contributed by atoms with Crippen molar-refractivity contribution in [2.24, 2.45) is 0 Å². The van der Waals surface area contributed by atoms with Gasteiger partial charge in [0, 0.05) is 17.3 Å². The smallest absolute Gasteiger partial charge is 0.238 e. The first-order valence-electron chi connectivity index (χ1n) is 7.45. The summed E-state index contributed by atoms with van der Waals surface area (Å²) >= 11 is 6.08. The Bertz CT molecular complexity index is 832. The van der Waals surface area contributed by atoms with E-state index in [1.54, 1.807) is 0 Å². The summed E-state index contributed by atoms with van der Waals surface area (Å²) in [6.07, 6.45) is 0. The average molecular weight is 325 g/mol. The molecule has 0 radical (unpaired) electrons. The maximum absolute atomic E-state index is 12.0. The molecule has 3 rings (SSSR count). The van der Waals surface area contributed by atoms with Crippen molar-refractivity contribution < 1.29 is 4.79 Å². The van der Waals surface area contributed by atoms with Crippen molar-refractivity contribution in [1.29, 1.82) is 0 Å². The number of amides is 1. The molecular weight excluding hydrogens is 308 g/mol. The van der Waals surface area contributed by atoms with Crippen molar-refractivity contribution >= 4 is 34.0 Å². The van der Waals surface area contributed by atoms with Gasteiger partial charge >= 0.3 is 0 Å². The molecule has 0 saturated heterocycles. The monoisotopic (exact) mass is 324 g/mol. The maximum Gasteiger partial charge on any atom is 0.238 e. The first-order valence-corrected chi connectivity index (χ1v) is 7.83.